The summed E-state index contributed by atoms with van der Waals surface area (Å²) < 4.78 is 0. The number of fused-ring (bicyclic) bond motifs is 10. The Kier molecular flexibility index (Phi) is 12.3. The van der Waals surface area contributed by atoms with Gasteiger partial charge in [-0.2, -0.15) is 0 Å². The zero-order valence-corrected chi connectivity index (χ0v) is 52.2. The van der Waals surface area contributed by atoms with Crippen LogP contribution in [0.5, 0.6) is 0 Å². The lowest BCUT2D eigenvalue weighted by Crippen LogP contribution is -2.44. The summed E-state index contributed by atoms with van der Waals surface area (Å²) in [5, 5.41) is 9.45. The summed E-state index contributed by atoms with van der Waals surface area (Å²) >= 11 is 0. The van der Waals surface area contributed by atoms with Crippen LogP contribution in [0.1, 0.15) is 36.1 Å². The molecule has 2 aliphatic carbocycles. The fourth-order valence-electron chi connectivity index (χ4n) is 13.3. The van der Waals surface area contributed by atoms with Gasteiger partial charge in [-0.3, -0.25) is 0 Å². The van der Waals surface area contributed by atoms with E-state index in [2.05, 4.69) is 308 Å². The predicted molar refractivity (Wildman–Crippen MR) is 354 cm³/mol. The van der Waals surface area contributed by atoms with Crippen LogP contribution in [0.3, 0.4) is 0 Å². The van der Waals surface area contributed by atoms with E-state index >= 15 is 0 Å². The summed E-state index contributed by atoms with van der Waals surface area (Å²) in [5.74, 6) is 0. The molecule has 12 rings (SSSR count). The molecule has 0 N–H and O–H groups in total. The number of anilines is 6. The first-order chi connectivity index (χ1) is 37.0. The molecular weight excluding hydrogens is 1010 g/mol. The highest BCUT2D eigenvalue weighted by Gasteiger charge is 2.58. The Labute approximate surface area is 470 Å². The Morgan fingerprint density at radius 3 is 0.910 bits per heavy atom. The van der Waals surface area contributed by atoms with E-state index in [1.807, 2.05) is 0 Å². The van der Waals surface area contributed by atoms with Crippen LogP contribution in [0.15, 0.2) is 211 Å². The van der Waals surface area contributed by atoms with Crippen molar-refractivity contribution in [1.29, 1.82) is 0 Å². The second-order valence-corrected chi connectivity index (χ2v) is 45.8. The molecule has 2 atom stereocenters. The topological polar surface area (TPSA) is 6.48 Å². The maximum absolute atomic E-state index is 2.62. The minimum Gasteiger partial charge on any atom is -0.310 e. The van der Waals surface area contributed by atoms with Crippen molar-refractivity contribution in [3.63, 3.8) is 0 Å². The van der Waals surface area contributed by atoms with Gasteiger partial charge in [0.25, 0.3) is 0 Å². The molecule has 0 aromatic heterocycles. The number of benzene rings is 10. The predicted octanol–water partition coefficient (Wildman–Crippen LogP) is 18.9. The van der Waals surface area contributed by atoms with Gasteiger partial charge in [0.15, 0.2) is 0 Å². The summed E-state index contributed by atoms with van der Waals surface area (Å²) in [4.78, 5) is 6.53. The zero-order valence-electron chi connectivity index (χ0n) is 48.4. The summed E-state index contributed by atoms with van der Waals surface area (Å²) in [7, 11) is -5.66. The standard InChI is InChI=1S/C72H76N2SSi3/c1-71(63-29-21-19-27-61(63)69-59-25-17-15-23-57(59)67(47-65(69)71)73(49-31-39-53(40-32-49)75(3,4)5)50-33-41-54(42-34-50)76(6,7)8)72(2)64-30-22-20-28-62(64)70-60-26-18-16-24-58(60)68(48-66(70)72)74(51-35-43-55(44-36-51)77(9,10)11)52-37-45-56(46-38-52)78(12,13)14/h15-48H,1-14H3. The lowest BCUT2D eigenvalue weighted by atomic mass is 9.56. The van der Waals surface area contributed by atoms with Gasteiger partial charge in [-0.05, 0) is 152 Å². The molecule has 78 heavy (non-hydrogen) atoms. The Morgan fingerprint density at radius 1 is 0.321 bits per heavy atom. The highest BCUT2D eigenvalue weighted by atomic mass is 32.3. The van der Waals surface area contributed by atoms with E-state index in [4.69, 9.17) is 0 Å². The molecule has 10 aromatic carbocycles. The monoisotopic (exact) mass is 1080 g/mol. The van der Waals surface area contributed by atoms with Crippen LogP contribution >= 0.6 is 10.0 Å². The minimum atomic E-state index is -1.57. The minimum absolute atomic E-state index is 0.547. The third-order valence-corrected chi connectivity index (χ3v) is 25.7. The van der Waals surface area contributed by atoms with E-state index in [-0.39, 0.29) is 0 Å². The average Bonchev–Trinajstić information content (AvgIpc) is 2.48. The first-order valence-corrected chi connectivity index (χ1v) is 41.4. The van der Waals surface area contributed by atoms with E-state index in [0.717, 1.165) is 0 Å². The molecule has 0 radical (unpaired) electrons. The van der Waals surface area contributed by atoms with Crippen molar-refractivity contribution in [2.75, 3.05) is 28.6 Å². The maximum Gasteiger partial charge on any atom is 0.0775 e. The van der Waals surface area contributed by atoms with Crippen molar-refractivity contribution in [3.05, 3.63) is 229 Å². The molecule has 392 valence electrons. The second kappa shape index (κ2) is 18.5. The van der Waals surface area contributed by atoms with Crippen molar-refractivity contribution in [1.82, 2.24) is 0 Å². The first-order valence-electron chi connectivity index (χ1n) is 28.0. The molecule has 0 aliphatic heterocycles. The van der Waals surface area contributed by atoms with Gasteiger partial charge in [-0.15, -0.1) is 0 Å². The zero-order chi connectivity index (χ0) is 54.9. The van der Waals surface area contributed by atoms with E-state index in [0.29, 0.717) is 0 Å². The van der Waals surface area contributed by atoms with Crippen molar-refractivity contribution in [2.45, 2.75) is 88.5 Å². The van der Waals surface area contributed by atoms with Gasteiger partial charge < -0.3 is 9.80 Å². The molecule has 0 spiro atoms. The largest absolute Gasteiger partial charge is 0.310 e. The number of hydrogen-bond acceptors (Lipinski definition) is 2. The Bertz CT molecular complexity index is 3590. The Morgan fingerprint density at radius 2 is 0.603 bits per heavy atom. The van der Waals surface area contributed by atoms with Gasteiger partial charge in [-0.1, -0.05) is 222 Å². The number of rotatable bonds is 11. The highest BCUT2D eigenvalue weighted by molar-refractivity contribution is 8.32. The van der Waals surface area contributed by atoms with Gasteiger partial charge >= 0.3 is 0 Å². The molecule has 0 heterocycles. The molecular formula is C72H76N2SSi3. The SMILES string of the molecule is CC1(C2(C)c3ccccc3-c3c2cc(N(c2ccc([Si](C)(C)C)cc2)c2ccc(S(C)(C)C)cc2)c2ccccc32)c2ccccc2-c2c1cc(N(c1ccc([Si](C)(C)C)cc1)c1ccc([Si](C)(C)C)cc1)c1ccccc21. The molecule has 0 bridgehead atoms. The molecule has 0 amide bonds. The molecule has 10 aromatic rings. The summed E-state index contributed by atoms with van der Waals surface area (Å²) in [5.41, 5.74) is 16.8. The first kappa shape index (κ1) is 52.0. The second-order valence-electron chi connectivity index (χ2n) is 26.5. The summed E-state index contributed by atoms with van der Waals surface area (Å²) in [6.45, 7) is 27.2. The fourth-order valence-corrected chi connectivity index (χ4v) is 17.7. The quantitative estimate of drug-likeness (QED) is 0.119. The maximum atomic E-state index is 2.62. The van der Waals surface area contributed by atoms with Crippen LogP contribution in [0.2, 0.25) is 58.9 Å². The van der Waals surface area contributed by atoms with Crippen LogP contribution in [0, 0.1) is 0 Å². The molecule has 2 nitrogen and oxygen atoms in total. The summed E-state index contributed by atoms with van der Waals surface area (Å²) in [6, 6.07) is 80.7. The number of hydrogen-bond donors (Lipinski definition) is 0. The lowest BCUT2D eigenvalue weighted by Gasteiger charge is -2.46. The van der Waals surface area contributed by atoms with Crippen LogP contribution < -0.4 is 25.4 Å². The highest BCUT2D eigenvalue weighted by Crippen LogP contribution is 2.68. The van der Waals surface area contributed by atoms with Crippen molar-refractivity contribution >= 4 is 105 Å². The van der Waals surface area contributed by atoms with Gasteiger partial charge in [0.1, 0.15) is 0 Å². The van der Waals surface area contributed by atoms with Gasteiger partial charge in [-0.25, -0.2) is 10.0 Å². The van der Waals surface area contributed by atoms with Gasteiger partial charge in [0.05, 0.1) is 35.6 Å². The van der Waals surface area contributed by atoms with E-state index in [9.17, 15) is 0 Å². The van der Waals surface area contributed by atoms with Crippen LogP contribution in [0.25, 0.3) is 43.8 Å². The molecule has 2 aliphatic rings. The lowest BCUT2D eigenvalue weighted by molar-refractivity contribution is 0.376. The smallest absolute Gasteiger partial charge is 0.0775 e. The van der Waals surface area contributed by atoms with E-state index in [1.165, 1.54) is 121 Å². The van der Waals surface area contributed by atoms with E-state index < -0.39 is 45.1 Å². The van der Waals surface area contributed by atoms with Crippen LogP contribution in [-0.4, -0.2) is 43.0 Å². The van der Waals surface area contributed by atoms with Gasteiger partial charge in [0.2, 0.25) is 0 Å². The van der Waals surface area contributed by atoms with E-state index in [1.54, 1.807) is 0 Å². The molecule has 2 unspecified atom stereocenters. The average molecular weight is 1090 g/mol. The van der Waals surface area contributed by atoms with Crippen LogP contribution in [-0.2, 0) is 10.8 Å². The Balaban J connectivity index is 1.16. The molecule has 0 fully saturated rings. The number of nitrogens with zero attached hydrogens (tertiary/aromatic N) is 2. The van der Waals surface area contributed by atoms with Crippen molar-refractivity contribution < 1.29 is 0 Å². The van der Waals surface area contributed by atoms with Crippen molar-refractivity contribution in [2.24, 2.45) is 0 Å². The Hall–Kier alpha value is -6.68. The third-order valence-electron chi connectivity index (χ3n) is 17.9. The molecule has 0 saturated carbocycles. The fraction of sp³-hybridized carbons (Fsp3) is 0.222. The summed E-state index contributed by atoms with van der Waals surface area (Å²) in [6.07, 6.45) is 7.17. The van der Waals surface area contributed by atoms with Crippen molar-refractivity contribution in [3.8, 4) is 22.3 Å². The normalized spacial score (nSPS) is 17.2. The molecule has 6 heteroatoms. The third kappa shape index (κ3) is 8.23. The van der Waals surface area contributed by atoms with Crippen LogP contribution in [0.4, 0.5) is 34.1 Å². The molecule has 0 saturated heterocycles. The van der Waals surface area contributed by atoms with Gasteiger partial charge in [0, 0.05) is 44.4 Å².